The van der Waals surface area contributed by atoms with Gasteiger partial charge in [0.15, 0.2) is 0 Å². The number of rotatable bonds is 6. The summed E-state index contributed by atoms with van der Waals surface area (Å²) in [6.45, 7) is 1.82. The Labute approximate surface area is 104 Å². The molecule has 0 aliphatic carbocycles. The van der Waals surface area contributed by atoms with E-state index in [-0.39, 0.29) is 18.6 Å². The van der Waals surface area contributed by atoms with Crippen LogP contribution in [0.4, 0.5) is 0 Å². The lowest BCUT2D eigenvalue weighted by Gasteiger charge is -2.22. The first-order valence-electron chi connectivity index (χ1n) is 4.96. The number of thiazole rings is 1. The zero-order chi connectivity index (χ0) is 12.0. The summed E-state index contributed by atoms with van der Waals surface area (Å²) in [5.74, 6) is 1.23. The summed E-state index contributed by atoms with van der Waals surface area (Å²) >= 11 is 3.11. The molecule has 0 aliphatic heterocycles. The Morgan fingerprint density at radius 1 is 1.75 bits per heavy atom. The van der Waals surface area contributed by atoms with Crippen LogP contribution in [0.25, 0.3) is 0 Å². The van der Waals surface area contributed by atoms with Crippen LogP contribution in [0.15, 0.2) is 10.9 Å². The Balaban J connectivity index is 2.24. The fourth-order valence-corrected chi connectivity index (χ4v) is 2.53. The van der Waals surface area contributed by atoms with Crippen LogP contribution in [0.3, 0.4) is 0 Å². The first-order valence-corrected chi connectivity index (χ1v) is 7.06. The van der Waals surface area contributed by atoms with Gasteiger partial charge in [-0.1, -0.05) is 0 Å². The fraction of sp³-hybridized carbons (Fsp3) is 0.600. The zero-order valence-corrected chi connectivity index (χ0v) is 11.1. The van der Waals surface area contributed by atoms with Gasteiger partial charge in [-0.15, -0.1) is 23.1 Å². The third-order valence-corrected chi connectivity index (χ3v) is 3.86. The molecule has 90 valence electrons. The molecule has 0 aliphatic rings. The minimum Gasteiger partial charge on any atom is -0.394 e. The first kappa shape index (κ1) is 13.5. The Bertz CT molecular complexity index is 317. The van der Waals surface area contributed by atoms with Crippen molar-refractivity contribution in [2.75, 3.05) is 19.4 Å². The van der Waals surface area contributed by atoms with Gasteiger partial charge in [0.1, 0.15) is 0 Å². The predicted molar refractivity (Wildman–Crippen MR) is 67.6 cm³/mol. The van der Waals surface area contributed by atoms with Crippen LogP contribution in [-0.2, 0) is 10.5 Å². The lowest BCUT2D eigenvalue weighted by molar-refractivity contribution is -0.129. The number of carbonyl (C=O) groups excluding carboxylic acids is 1. The van der Waals surface area contributed by atoms with Crippen LogP contribution < -0.4 is 0 Å². The Kier molecular flexibility index (Phi) is 5.79. The third-order valence-electron chi connectivity index (χ3n) is 2.28. The molecule has 0 spiro atoms. The van der Waals surface area contributed by atoms with Crippen molar-refractivity contribution >= 4 is 29.0 Å². The number of hydrogen-bond acceptors (Lipinski definition) is 5. The molecule has 0 saturated carbocycles. The zero-order valence-electron chi connectivity index (χ0n) is 9.42. The molecule has 0 fully saturated rings. The molecule has 1 atom stereocenters. The lowest BCUT2D eigenvalue weighted by Crippen LogP contribution is -2.38. The molecule has 0 radical (unpaired) electrons. The van der Waals surface area contributed by atoms with Gasteiger partial charge in [0.25, 0.3) is 0 Å². The number of thioether (sulfide) groups is 1. The summed E-state index contributed by atoms with van der Waals surface area (Å²) in [4.78, 5) is 17.4. The number of aromatic nitrogens is 1. The van der Waals surface area contributed by atoms with Crippen molar-refractivity contribution in [3.63, 3.8) is 0 Å². The minimum atomic E-state index is -0.118. The van der Waals surface area contributed by atoms with Crippen molar-refractivity contribution in [2.45, 2.75) is 18.7 Å². The summed E-state index contributed by atoms with van der Waals surface area (Å²) in [6.07, 6.45) is 0. The van der Waals surface area contributed by atoms with Gasteiger partial charge in [0, 0.05) is 18.2 Å². The molecule has 6 heteroatoms. The topological polar surface area (TPSA) is 53.4 Å². The van der Waals surface area contributed by atoms with Gasteiger partial charge in [0.2, 0.25) is 5.91 Å². The number of likely N-dealkylation sites (N-methyl/N-ethyl adjacent to an activating group) is 1. The van der Waals surface area contributed by atoms with Gasteiger partial charge in [-0.05, 0) is 6.92 Å². The quantitative estimate of drug-likeness (QED) is 0.835. The number of hydrogen-bond donors (Lipinski definition) is 1. The highest BCUT2D eigenvalue weighted by atomic mass is 32.2. The van der Waals surface area contributed by atoms with Crippen molar-refractivity contribution in [1.82, 2.24) is 9.88 Å². The molecule has 1 aromatic rings. The highest BCUT2D eigenvalue weighted by Crippen LogP contribution is 2.12. The number of carbonyl (C=O) groups is 1. The Morgan fingerprint density at radius 3 is 3.06 bits per heavy atom. The maximum Gasteiger partial charge on any atom is 0.232 e. The molecule has 1 aromatic heterocycles. The normalized spacial score (nSPS) is 12.4. The third kappa shape index (κ3) is 4.11. The molecule has 0 saturated heterocycles. The highest BCUT2D eigenvalue weighted by Gasteiger charge is 2.14. The summed E-state index contributed by atoms with van der Waals surface area (Å²) in [6, 6.07) is -0.118. The largest absolute Gasteiger partial charge is 0.394 e. The van der Waals surface area contributed by atoms with Crippen molar-refractivity contribution in [3.05, 3.63) is 16.6 Å². The molecule has 1 heterocycles. The van der Waals surface area contributed by atoms with E-state index in [1.165, 1.54) is 0 Å². The molecule has 0 aromatic carbocycles. The van der Waals surface area contributed by atoms with Crippen molar-refractivity contribution < 1.29 is 9.90 Å². The maximum atomic E-state index is 11.6. The maximum absolute atomic E-state index is 11.6. The summed E-state index contributed by atoms with van der Waals surface area (Å²) < 4.78 is 0. The number of nitrogens with zero attached hydrogens (tertiary/aromatic N) is 2. The molecule has 1 unspecified atom stereocenters. The SMILES string of the molecule is CC(CO)N(C)C(=O)CSCc1cscn1. The summed E-state index contributed by atoms with van der Waals surface area (Å²) in [5, 5.41) is 10.9. The van der Waals surface area contributed by atoms with Crippen LogP contribution in [-0.4, -0.2) is 46.3 Å². The molecule has 1 N–H and O–H groups in total. The van der Waals surface area contributed by atoms with Gasteiger partial charge >= 0.3 is 0 Å². The van der Waals surface area contributed by atoms with E-state index in [1.54, 1.807) is 40.6 Å². The summed E-state index contributed by atoms with van der Waals surface area (Å²) in [7, 11) is 1.71. The first-order chi connectivity index (χ1) is 7.65. The van der Waals surface area contributed by atoms with Gasteiger partial charge in [-0.2, -0.15) is 0 Å². The van der Waals surface area contributed by atoms with E-state index in [4.69, 9.17) is 5.11 Å². The molecular weight excluding hydrogens is 244 g/mol. The number of aliphatic hydroxyl groups is 1. The minimum absolute atomic E-state index is 0.000999. The van der Waals surface area contributed by atoms with E-state index < -0.39 is 0 Å². The van der Waals surface area contributed by atoms with Gasteiger partial charge in [0.05, 0.1) is 29.6 Å². The van der Waals surface area contributed by atoms with Crippen molar-refractivity contribution in [2.24, 2.45) is 0 Å². The highest BCUT2D eigenvalue weighted by molar-refractivity contribution is 7.99. The lowest BCUT2D eigenvalue weighted by atomic mass is 10.3. The van der Waals surface area contributed by atoms with E-state index in [1.807, 2.05) is 12.3 Å². The standard InChI is InChI=1S/C10H16N2O2S2/c1-8(3-13)12(2)10(14)6-15-4-9-5-16-7-11-9/h5,7-8,13H,3-4,6H2,1-2H3. The average Bonchev–Trinajstić information content (AvgIpc) is 2.79. The van der Waals surface area contributed by atoms with Crippen LogP contribution >= 0.6 is 23.1 Å². The molecule has 1 amide bonds. The second-order valence-electron chi connectivity index (χ2n) is 3.51. The van der Waals surface area contributed by atoms with Crippen LogP contribution in [0, 0.1) is 0 Å². The molecule has 0 bridgehead atoms. The number of aliphatic hydroxyl groups excluding tert-OH is 1. The van der Waals surface area contributed by atoms with Gasteiger partial charge < -0.3 is 10.0 Å². The van der Waals surface area contributed by atoms with E-state index in [0.29, 0.717) is 5.75 Å². The molecule has 4 nitrogen and oxygen atoms in total. The predicted octanol–water partition coefficient (Wildman–Crippen LogP) is 1.22. The monoisotopic (exact) mass is 260 g/mol. The van der Waals surface area contributed by atoms with Gasteiger partial charge in [-0.3, -0.25) is 4.79 Å². The summed E-state index contributed by atoms with van der Waals surface area (Å²) in [5.41, 5.74) is 2.80. The average molecular weight is 260 g/mol. The van der Waals surface area contributed by atoms with E-state index in [9.17, 15) is 4.79 Å². The van der Waals surface area contributed by atoms with E-state index in [2.05, 4.69) is 4.98 Å². The molecule has 16 heavy (non-hydrogen) atoms. The molecular formula is C10H16N2O2S2. The van der Waals surface area contributed by atoms with Crippen LogP contribution in [0.1, 0.15) is 12.6 Å². The second-order valence-corrected chi connectivity index (χ2v) is 5.21. The van der Waals surface area contributed by atoms with Crippen molar-refractivity contribution in [3.8, 4) is 0 Å². The smallest absolute Gasteiger partial charge is 0.232 e. The van der Waals surface area contributed by atoms with Gasteiger partial charge in [-0.25, -0.2) is 4.98 Å². The number of amides is 1. The van der Waals surface area contributed by atoms with E-state index >= 15 is 0 Å². The molecule has 1 rings (SSSR count). The Morgan fingerprint density at radius 2 is 2.50 bits per heavy atom. The second kappa shape index (κ2) is 6.88. The fourth-order valence-electron chi connectivity index (χ4n) is 1.02. The van der Waals surface area contributed by atoms with Crippen molar-refractivity contribution in [1.29, 1.82) is 0 Å². The van der Waals surface area contributed by atoms with Crippen LogP contribution in [0.5, 0.6) is 0 Å². The van der Waals surface area contributed by atoms with Crippen LogP contribution in [0.2, 0.25) is 0 Å². The van der Waals surface area contributed by atoms with E-state index in [0.717, 1.165) is 11.4 Å². The Hall–Kier alpha value is -0.590.